The van der Waals surface area contributed by atoms with Crippen LogP contribution in [0.2, 0.25) is 0 Å². The lowest BCUT2D eigenvalue weighted by Gasteiger charge is -2.09. The second-order valence-corrected chi connectivity index (χ2v) is 1.80. The van der Waals surface area contributed by atoms with Gasteiger partial charge in [0.15, 0.2) is 0 Å². The van der Waals surface area contributed by atoms with Crippen molar-refractivity contribution in [1.29, 1.82) is 0 Å². The molecule has 0 aromatic carbocycles. The van der Waals surface area contributed by atoms with Crippen LogP contribution in [0, 0.1) is 0 Å². The molecule has 0 fully saturated rings. The Kier molecular flexibility index (Phi) is 10.0. The Morgan fingerprint density at radius 1 is 1.22 bits per heavy atom. The molecule has 0 saturated carbocycles. The first-order chi connectivity index (χ1) is 3.81. The highest BCUT2D eigenvalue weighted by atomic mass is 32.1. The Morgan fingerprint density at radius 3 is 1.78 bits per heavy atom. The summed E-state index contributed by atoms with van der Waals surface area (Å²) in [4.78, 5) is 2.12. The highest BCUT2D eigenvalue weighted by molar-refractivity contribution is 7.59. The van der Waals surface area contributed by atoms with Crippen LogP contribution in [0.3, 0.4) is 0 Å². The predicted octanol–water partition coefficient (Wildman–Crippen LogP) is 1.40. The average molecular weight is 145 g/mol. The first kappa shape index (κ1) is 11.6. The van der Waals surface area contributed by atoms with Crippen LogP contribution in [0.5, 0.6) is 0 Å². The van der Waals surface area contributed by atoms with Crippen molar-refractivity contribution in [2.45, 2.75) is 0 Å². The van der Waals surface area contributed by atoms with Crippen LogP contribution in [-0.2, 0) is 0 Å². The van der Waals surface area contributed by atoms with E-state index in [9.17, 15) is 0 Å². The van der Waals surface area contributed by atoms with Crippen molar-refractivity contribution < 1.29 is 0 Å². The van der Waals surface area contributed by atoms with E-state index in [1.54, 1.807) is 0 Å². The van der Waals surface area contributed by atoms with Crippen LogP contribution in [0.1, 0.15) is 0 Å². The van der Waals surface area contributed by atoms with Crippen molar-refractivity contribution in [3.8, 4) is 0 Å². The molecule has 54 valence electrons. The third kappa shape index (κ3) is 7.79. The first-order valence-electron chi connectivity index (χ1n) is 2.71. The molecule has 0 rings (SSSR count). The molecule has 0 bridgehead atoms. The topological polar surface area (TPSA) is 3.24 Å². The number of likely N-dealkylation sites (N-methyl/N-ethyl adjacent to an activating group) is 1. The second kappa shape index (κ2) is 7.79. The number of rotatable bonds is 4. The summed E-state index contributed by atoms with van der Waals surface area (Å²) in [6, 6.07) is 0. The van der Waals surface area contributed by atoms with E-state index in [4.69, 9.17) is 0 Å². The summed E-state index contributed by atoms with van der Waals surface area (Å²) in [7, 11) is 2.03. The lowest BCUT2D eigenvalue weighted by Crippen LogP contribution is -2.17. The van der Waals surface area contributed by atoms with Crippen LogP contribution < -0.4 is 0 Å². The first-order valence-corrected chi connectivity index (χ1v) is 2.71. The van der Waals surface area contributed by atoms with E-state index < -0.39 is 0 Å². The van der Waals surface area contributed by atoms with Gasteiger partial charge in [-0.25, -0.2) is 0 Å². The quantitative estimate of drug-likeness (QED) is 0.541. The molecule has 9 heavy (non-hydrogen) atoms. The highest BCUT2D eigenvalue weighted by Gasteiger charge is 1.86. The molecule has 0 unspecified atom stereocenters. The van der Waals surface area contributed by atoms with Crippen molar-refractivity contribution in [3.05, 3.63) is 25.3 Å². The fourth-order valence-corrected chi connectivity index (χ4v) is 0.515. The number of hydrogen-bond donors (Lipinski definition) is 0. The number of nitrogens with zero attached hydrogens (tertiary/aromatic N) is 1. The summed E-state index contributed by atoms with van der Waals surface area (Å²) in [5.74, 6) is 0. The summed E-state index contributed by atoms with van der Waals surface area (Å²) >= 11 is 0. The molecule has 0 spiro atoms. The second-order valence-electron chi connectivity index (χ2n) is 1.80. The van der Waals surface area contributed by atoms with Crippen molar-refractivity contribution in [2.24, 2.45) is 0 Å². The van der Waals surface area contributed by atoms with E-state index in [2.05, 4.69) is 18.1 Å². The van der Waals surface area contributed by atoms with Gasteiger partial charge in [0.1, 0.15) is 0 Å². The van der Waals surface area contributed by atoms with E-state index in [-0.39, 0.29) is 13.5 Å². The molecule has 0 aliphatic heterocycles. The molecule has 2 heteroatoms. The molecular formula is C7H15NS. The lowest BCUT2D eigenvalue weighted by atomic mass is 10.5. The molecule has 0 radical (unpaired) electrons. The SMILES string of the molecule is C=CCN(C)CC=C.S. The summed E-state index contributed by atoms with van der Waals surface area (Å²) in [6.07, 6.45) is 3.76. The molecule has 0 aromatic heterocycles. The van der Waals surface area contributed by atoms with E-state index in [1.165, 1.54) is 0 Å². The van der Waals surface area contributed by atoms with Crippen LogP contribution in [0.4, 0.5) is 0 Å². The maximum atomic E-state index is 3.61. The Bertz CT molecular complexity index is 71.0. The monoisotopic (exact) mass is 145 g/mol. The zero-order valence-corrected chi connectivity index (χ0v) is 6.93. The minimum Gasteiger partial charge on any atom is -0.299 e. The lowest BCUT2D eigenvalue weighted by molar-refractivity contribution is 0.413. The highest BCUT2D eigenvalue weighted by Crippen LogP contribution is 1.80. The Balaban J connectivity index is 0. The molecule has 1 nitrogen and oxygen atoms in total. The van der Waals surface area contributed by atoms with E-state index in [0.29, 0.717) is 0 Å². The van der Waals surface area contributed by atoms with Crippen molar-refractivity contribution >= 4 is 13.5 Å². The van der Waals surface area contributed by atoms with Gasteiger partial charge in [0.05, 0.1) is 0 Å². The third-order valence-corrected chi connectivity index (χ3v) is 0.882. The molecule has 0 N–H and O–H groups in total. The Morgan fingerprint density at radius 2 is 1.56 bits per heavy atom. The van der Waals surface area contributed by atoms with Gasteiger partial charge in [-0.15, -0.1) is 13.2 Å². The van der Waals surface area contributed by atoms with Gasteiger partial charge in [0.25, 0.3) is 0 Å². The zero-order valence-electron chi connectivity index (χ0n) is 5.93. The van der Waals surface area contributed by atoms with E-state index in [0.717, 1.165) is 13.1 Å². The maximum absolute atomic E-state index is 3.61. The van der Waals surface area contributed by atoms with Gasteiger partial charge in [0.2, 0.25) is 0 Å². The van der Waals surface area contributed by atoms with Crippen LogP contribution in [0.25, 0.3) is 0 Å². The van der Waals surface area contributed by atoms with Gasteiger partial charge < -0.3 is 0 Å². The molecule has 0 aliphatic rings. The Labute approximate surface area is 64.5 Å². The van der Waals surface area contributed by atoms with Gasteiger partial charge in [0, 0.05) is 13.1 Å². The Hall–Kier alpha value is -0.210. The maximum Gasteiger partial charge on any atom is 0.0160 e. The van der Waals surface area contributed by atoms with Gasteiger partial charge in [-0.05, 0) is 7.05 Å². The van der Waals surface area contributed by atoms with Crippen LogP contribution in [-0.4, -0.2) is 25.0 Å². The standard InChI is InChI=1S/C7H13N.H2S/c1-4-6-8(3)7-5-2;/h4-5H,1-2,6-7H2,3H3;1H2. The normalized spacial score (nSPS) is 8.22. The molecule has 0 saturated heterocycles. The average Bonchev–Trinajstić information content (AvgIpc) is 1.68. The minimum atomic E-state index is 0. The fraction of sp³-hybridized carbons (Fsp3) is 0.429. The summed E-state index contributed by atoms with van der Waals surface area (Å²) < 4.78 is 0. The summed E-state index contributed by atoms with van der Waals surface area (Å²) in [5.41, 5.74) is 0. The van der Waals surface area contributed by atoms with Crippen molar-refractivity contribution in [1.82, 2.24) is 4.90 Å². The molecule has 0 heterocycles. The van der Waals surface area contributed by atoms with E-state index >= 15 is 0 Å². The molecule has 0 amide bonds. The summed E-state index contributed by atoms with van der Waals surface area (Å²) in [5, 5.41) is 0. The molecule has 0 aliphatic carbocycles. The van der Waals surface area contributed by atoms with Gasteiger partial charge in [-0.3, -0.25) is 4.90 Å². The largest absolute Gasteiger partial charge is 0.299 e. The predicted molar refractivity (Wildman–Crippen MR) is 48.3 cm³/mol. The van der Waals surface area contributed by atoms with Gasteiger partial charge in [-0.1, -0.05) is 12.2 Å². The molecule has 0 atom stereocenters. The molecular weight excluding hydrogens is 130 g/mol. The van der Waals surface area contributed by atoms with E-state index in [1.807, 2.05) is 19.2 Å². The zero-order chi connectivity index (χ0) is 6.41. The van der Waals surface area contributed by atoms with Gasteiger partial charge >= 0.3 is 0 Å². The summed E-state index contributed by atoms with van der Waals surface area (Å²) in [6.45, 7) is 9.09. The minimum absolute atomic E-state index is 0. The van der Waals surface area contributed by atoms with Crippen LogP contribution >= 0.6 is 13.5 Å². The van der Waals surface area contributed by atoms with Crippen LogP contribution in [0.15, 0.2) is 25.3 Å². The van der Waals surface area contributed by atoms with Gasteiger partial charge in [-0.2, -0.15) is 13.5 Å². The smallest absolute Gasteiger partial charge is 0.0160 e. The number of hydrogen-bond acceptors (Lipinski definition) is 1. The third-order valence-electron chi connectivity index (χ3n) is 0.882. The van der Waals surface area contributed by atoms with Crippen molar-refractivity contribution in [3.63, 3.8) is 0 Å². The van der Waals surface area contributed by atoms with Crippen molar-refractivity contribution in [2.75, 3.05) is 20.1 Å². The fourth-order valence-electron chi connectivity index (χ4n) is 0.515. The molecule has 0 aromatic rings.